The van der Waals surface area contributed by atoms with E-state index < -0.39 is 5.41 Å². The Morgan fingerprint density at radius 2 is 2.16 bits per heavy atom. The molecule has 9 heteroatoms. The van der Waals surface area contributed by atoms with Gasteiger partial charge in [0.1, 0.15) is 17.6 Å². The first kappa shape index (κ1) is 21.4. The van der Waals surface area contributed by atoms with Gasteiger partial charge in [0.2, 0.25) is 0 Å². The van der Waals surface area contributed by atoms with E-state index in [0.717, 1.165) is 11.3 Å². The SMILES string of the molecule is CCOC(=O)C1(CC2CC(c3ccc(F)cc3)=NO2)CCCN(C(=O)c2cscn2)C1. The number of hydrogen-bond acceptors (Lipinski definition) is 7. The van der Waals surface area contributed by atoms with Crippen LogP contribution in [0, 0.1) is 11.2 Å². The molecule has 7 nitrogen and oxygen atoms in total. The number of aromatic nitrogens is 1. The summed E-state index contributed by atoms with van der Waals surface area (Å²) in [5, 5.41) is 5.88. The number of likely N-dealkylation sites (tertiary alicyclic amines) is 1. The molecule has 0 saturated carbocycles. The number of amides is 1. The van der Waals surface area contributed by atoms with Gasteiger partial charge >= 0.3 is 5.97 Å². The summed E-state index contributed by atoms with van der Waals surface area (Å²) in [6.45, 7) is 2.87. The van der Waals surface area contributed by atoms with Gasteiger partial charge < -0.3 is 14.5 Å². The molecule has 2 aliphatic heterocycles. The standard InChI is InChI=1S/C22H24FN3O4S/c1-2-29-21(28)22(8-3-9-26(13-22)20(27)19-12-31-14-24-19)11-17-10-18(25-30-17)15-4-6-16(23)7-5-15/h4-7,12,14,17H,2-3,8-11,13H2,1H3. The van der Waals surface area contributed by atoms with E-state index in [9.17, 15) is 14.0 Å². The number of halogens is 1. The predicted molar refractivity (Wildman–Crippen MR) is 113 cm³/mol. The molecule has 1 saturated heterocycles. The van der Waals surface area contributed by atoms with Crippen molar-refractivity contribution in [3.8, 4) is 0 Å². The normalized spacial score (nSPS) is 23.2. The molecule has 2 aliphatic rings. The summed E-state index contributed by atoms with van der Waals surface area (Å²) >= 11 is 1.36. The van der Waals surface area contributed by atoms with Crippen LogP contribution in [0.15, 0.2) is 40.3 Å². The molecule has 1 aromatic carbocycles. The third-order valence-electron chi connectivity index (χ3n) is 5.75. The number of nitrogens with zero attached hydrogens (tertiary/aromatic N) is 3. The molecule has 4 rings (SSSR count). The zero-order valence-corrected chi connectivity index (χ0v) is 18.1. The topological polar surface area (TPSA) is 81.1 Å². The maximum atomic E-state index is 13.2. The first-order valence-corrected chi connectivity index (χ1v) is 11.3. The lowest BCUT2D eigenvalue weighted by Crippen LogP contribution is -2.52. The van der Waals surface area contributed by atoms with E-state index in [4.69, 9.17) is 9.57 Å². The number of benzene rings is 1. The molecule has 2 aromatic rings. The van der Waals surface area contributed by atoms with Gasteiger partial charge in [-0.25, -0.2) is 9.37 Å². The lowest BCUT2D eigenvalue weighted by atomic mass is 9.74. The molecule has 0 radical (unpaired) electrons. The van der Waals surface area contributed by atoms with Gasteiger partial charge in [0, 0.05) is 31.3 Å². The van der Waals surface area contributed by atoms with E-state index in [-0.39, 0.29) is 36.9 Å². The van der Waals surface area contributed by atoms with Crippen LogP contribution in [0.5, 0.6) is 0 Å². The maximum absolute atomic E-state index is 13.2. The second-order valence-corrected chi connectivity index (χ2v) is 8.60. The van der Waals surface area contributed by atoms with E-state index in [1.807, 2.05) is 0 Å². The summed E-state index contributed by atoms with van der Waals surface area (Å²) in [7, 11) is 0. The first-order valence-electron chi connectivity index (χ1n) is 10.3. The Morgan fingerprint density at radius 3 is 2.87 bits per heavy atom. The van der Waals surface area contributed by atoms with E-state index in [0.29, 0.717) is 37.9 Å². The van der Waals surface area contributed by atoms with Gasteiger partial charge in [-0.05, 0) is 37.5 Å². The minimum atomic E-state index is -0.863. The molecule has 0 bridgehead atoms. The highest BCUT2D eigenvalue weighted by atomic mass is 32.1. The quantitative estimate of drug-likeness (QED) is 0.634. The number of esters is 1. The van der Waals surface area contributed by atoms with Crippen LogP contribution in [0.1, 0.15) is 48.7 Å². The summed E-state index contributed by atoms with van der Waals surface area (Å²) < 4.78 is 18.6. The molecule has 31 heavy (non-hydrogen) atoms. The monoisotopic (exact) mass is 445 g/mol. The zero-order chi connectivity index (χ0) is 21.8. The van der Waals surface area contributed by atoms with E-state index in [1.165, 1.54) is 23.5 Å². The van der Waals surface area contributed by atoms with Gasteiger partial charge in [-0.3, -0.25) is 9.59 Å². The van der Waals surface area contributed by atoms with Crippen molar-refractivity contribution in [2.75, 3.05) is 19.7 Å². The van der Waals surface area contributed by atoms with E-state index in [2.05, 4.69) is 10.1 Å². The number of hydrogen-bond donors (Lipinski definition) is 0. The van der Waals surface area contributed by atoms with Gasteiger partial charge in [-0.2, -0.15) is 0 Å². The van der Waals surface area contributed by atoms with Crippen molar-refractivity contribution in [3.63, 3.8) is 0 Å². The Balaban J connectivity index is 1.49. The van der Waals surface area contributed by atoms with Crippen LogP contribution in [-0.2, 0) is 14.4 Å². The minimum Gasteiger partial charge on any atom is -0.466 e. The summed E-state index contributed by atoms with van der Waals surface area (Å²) in [4.78, 5) is 37.4. The number of piperidine rings is 1. The lowest BCUT2D eigenvalue weighted by Gasteiger charge is -2.41. The molecule has 1 fully saturated rings. The average molecular weight is 446 g/mol. The van der Waals surface area contributed by atoms with Crippen molar-refractivity contribution in [1.29, 1.82) is 0 Å². The molecular formula is C22H24FN3O4S. The molecule has 2 unspecified atom stereocenters. The first-order chi connectivity index (χ1) is 15.0. The van der Waals surface area contributed by atoms with Crippen LogP contribution in [0.4, 0.5) is 4.39 Å². The summed E-state index contributed by atoms with van der Waals surface area (Å²) in [5.41, 5.74) is 2.66. The molecule has 1 amide bonds. The van der Waals surface area contributed by atoms with Gasteiger partial charge in [0.05, 0.1) is 23.2 Å². The molecule has 1 aromatic heterocycles. The highest BCUT2D eigenvalue weighted by Crippen LogP contribution is 2.39. The molecule has 2 atom stereocenters. The van der Waals surface area contributed by atoms with Crippen LogP contribution in [0.25, 0.3) is 0 Å². The van der Waals surface area contributed by atoms with Crippen molar-refractivity contribution in [2.45, 2.75) is 38.7 Å². The van der Waals surface area contributed by atoms with Crippen LogP contribution in [0.3, 0.4) is 0 Å². The largest absolute Gasteiger partial charge is 0.466 e. The van der Waals surface area contributed by atoms with E-state index >= 15 is 0 Å². The lowest BCUT2D eigenvalue weighted by molar-refractivity contribution is -0.161. The predicted octanol–water partition coefficient (Wildman–Crippen LogP) is 3.65. The van der Waals surface area contributed by atoms with Crippen LogP contribution in [0.2, 0.25) is 0 Å². The number of rotatable bonds is 6. The molecule has 164 valence electrons. The Kier molecular flexibility index (Phi) is 6.31. The van der Waals surface area contributed by atoms with Crippen molar-refractivity contribution in [3.05, 3.63) is 52.2 Å². The number of carbonyl (C=O) groups excluding carboxylic acids is 2. The molecular weight excluding hydrogens is 421 g/mol. The van der Waals surface area contributed by atoms with Gasteiger partial charge in [-0.15, -0.1) is 11.3 Å². The van der Waals surface area contributed by atoms with Crippen LogP contribution < -0.4 is 0 Å². The second-order valence-electron chi connectivity index (χ2n) is 7.89. The molecule has 0 aliphatic carbocycles. The number of oxime groups is 1. The van der Waals surface area contributed by atoms with Crippen LogP contribution in [-0.4, -0.2) is 53.3 Å². The summed E-state index contributed by atoms with van der Waals surface area (Å²) in [6.07, 6.45) is 1.87. The van der Waals surface area contributed by atoms with Crippen molar-refractivity contribution in [1.82, 2.24) is 9.88 Å². The maximum Gasteiger partial charge on any atom is 0.314 e. The number of ether oxygens (including phenoxy) is 1. The van der Waals surface area contributed by atoms with Crippen molar-refractivity contribution < 1.29 is 23.6 Å². The minimum absolute atomic E-state index is 0.176. The highest BCUT2D eigenvalue weighted by molar-refractivity contribution is 7.07. The Labute approximate surface area is 183 Å². The Morgan fingerprint density at radius 1 is 1.35 bits per heavy atom. The molecule has 3 heterocycles. The summed E-state index contributed by atoms with van der Waals surface area (Å²) in [6, 6.07) is 6.09. The smallest absolute Gasteiger partial charge is 0.314 e. The van der Waals surface area contributed by atoms with Gasteiger partial charge in [0.25, 0.3) is 5.91 Å². The third-order valence-corrected chi connectivity index (χ3v) is 6.34. The fourth-order valence-corrected chi connectivity index (χ4v) is 4.80. The Bertz CT molecular complexity index is 964. The molecule has 0 spiro atoms. The Hall–Kier alpha value is -2.81. The second kappa shape index (κ2) is 9.13. The molecule has 0 N–H and O–H groups in total. The summed E-state index contributed by atoms with van der Waals surface area (Å²) in [5.74, 6) is -0.803. The number of carbonyl (C=O) groups is 2. The fourth-order valence-electron chi connectivity index (χ4n) is 4.27. The van der Waals surface area contributed by atoms with Gasteiger partial charge in [-0.1, -0.05) is 17.3 Å². The van der Waals surface area contributed by atoms with Crippen molar-refractivity contribution >= 4 is 28.9 Å². The third kappa shape index (κ3) is 4.61. The number of thiazole rings is 1. The van der Waals surface area contributed by atoms with Crippen LogP contribution >= 0.6 is 11.3 Å². The zero-order valence-electron chi connectivity index (χ0n) is 17.3. The highest BCUT2D eigenvalue weighted by Gasteiger charge is 2.47. The van der Waals surface area contributed by atoms with E-state index in [1.54, 1.807) is 34.8 Å². The fraction of sp³-hybridized carbons (Fsp3) is 0.455. The van der Waals surface area contributed by atoms with Gasteiger partial charge in [0.15, 0.2) is 0 Å². The van der Waals surface area contributed by atoms with Crippen molar-refractivity contribution in [2.24, 2.45) is 10.6 Å². The average Bonchev–Trinajstić information content (AvgIpc) is 3.47.